The van der Waals surface area contributed by atoms with Gasteiger partial charge in [0, 0.05) is 31.4 Å². The molecule has 21 heavy (non-hydrogen) atoms. The molecule has 0 saturated carbocycles. The number of hydrogen-bond acceptors (Lipinski definition) is 4. The van der Waals surface area contributed by atoms with Gasteiger partial charge in [-0.25, -0.2) is 4.39 Å². The van der Waals surface area contributed by atoms with Crippen molar-refractivity contribution in [3.63, 3.8) is 0 Å². The quantitative estimate of drug-likeness (QED) is 0.881. The number of anilines is 1. The molecule has 5 nitrogen and oxygen atoms in total. The van der Waals surface area contributed by atoms with Crippen LogP contribution >= 0.6 is 24.2 Å². The second-order valence-corrected chi connectivity index (χ2v) is 5.69. The Morgan fingerprint density at radius 1 is 1.43 bits per heavy atom. The standard InChI is InChI=1S/C13H16FN3O2S.ClH/c1-17(2)13(19)9-5-8(3-4-10(9)14)16-12(18)11-6-20-7-15-11;/h3-5,11,15H,6-7H2,1-2H3,(H,16,18);1H. The molecule has 1 atom stereocenters. The first-order valence-corrected chi connectivity index (χ1v) is 7.27. The van der Waals surface area contributed by atoms with Gasteiger partial charge in [0.1, 0.15) is 5.82 Å². The van der Waals surface area contributed by atoms with Gasteiger partial charge in [0.15, 0.2) is 0 Å². The fourth-order valence-corrected chi connectivity index (χ4v) is 2.74. The van der Waals surface area contributed by atoms with E-state index in [9.17, 15) is 14.0 Å². The summed E-state index contributed by atoms with van der Waals surface area (Å²) >= 11 is 1.64. The highest BCUT2D eigenvalue weighted by atomic mass is 35.5. The molecule has 1 aliphatic heterocycles. The molecule has 0 aromatic heterocycles. The summed E-state index contributed by atoms with van der Waals surface area (Å²) in [5, 5.41) is 5.74. The second kappa shape index (κ2) is 7.63. The highest BCUT2D eigenvalue weighted by molar-refractivity contribution is 7.99. The molecular formula is C13H17ClFN3O2S. The summed E-state index contributed by atoms with van der Waals surface area (Å²) in [5.74, 6) is 0.233. The van der Waals surface area contributed by atoms with E-state index in [1.807, 2.05) is 0 Å². The Hall–Kier alpha value is -1.31. The van der Waals surface area contributed by atoms with Crippen LogP contribution in [0.5, 0.6) is 0 Å². The van der Waals surface area contributed by atoms with E-state index in [-0.39, 0.29) is 29.9 Å². The molecule has 0 aliphatic carbocycles. The van der Waals surface area contributed by atoms with Gasteiger partial charge in [-0.15, -0.1) is 24.2 Å². The van der Waals surface area contributed by atoms with Crippen molar-refractivity contribution in [2.45, 2.75) is 6.04 Å². The fraction of sp³-hybridized carbons (Fsp3) is 0.385. The van der Waals surface area contributed by atoms with Crippen LogP contribution in [0, 0.1) is 5.82 Å². The van der Waals surface area contributed by atoms with Crippen molar-refractivity contribution in [3.05, 3.63) is 29.6 Å². The molecule has 116 valence electrons. The predicted octanol–water partition coefficient (Wildman–Crippen LogP) is 1.55. The Morgan fingerprint density at radius 3 is 2.71 bits per heavy atom. The summed E-state index contributed by atoms with van der Waals surface area (Å²) in [5.41, 5.74) is 0.363. The minimum Gasteiger partial charge on any atom is -0.345 e. The first kappa shape index (κ1) is 17.7. The molecule has 0 bridgehead atoms. The molecule has 1 aromatic rings. The van der Waals surface area contributed by atoms with Crippen LogP contribution in [0.2, 0.25) is 0 Å². The summed E-state index contributed by atoms with van der Waals surface area (Å²) in [7, 11) is 3.10. The molecule has 1 aromatic carbocycles. The number of nitrogens with one attached hydrogen (secondary N) is 2. The SMILES string of the molecule is CN(C)C(=O)c1cc(NC(=O)C2CSCN2)ccc1F.Cl. The third-order valence-electron chi connectivity index (χ3n) is 2.90. The molecule has 0 radical (unpaired) electrons. The van der Waals surface area contributed by atoms with Gasteiger partial charge in [-0.3, -0.25) is 14.9 Å². The monoisotopic (exact) mass is 333 g/mol. The first-order valence-electron chi connectivity index (χ1n) is 6.12. The largest absolute Gasteiger partial charge is 0.345 e. The Kier molecular flexibility index (Phi) is 6.44. The third kappa shape index (κ3) is 4.33. The molecule has 2 rings (SSSR count). The van der Waals surface area contributed by atoms with Gasteiger partial charge in [-0.05, 0) is 18.2 Å². The maximum absolute atomic E-state index is 13.6. The topological polar surface area (TPSA) is 61.4 Å². The highest BCUT2D eigenvalue weighted by Crippen LogP contribution is 2.17. The van der Waals surface area contributed by atoms with Crippen LogP contribution in [0.4, 0.5) is 10.1 Å². The number of amides is 2. The van der Waals surface area contributed by atoms with E-state index in [1.54, 1.807) is 25.9 Å². The Labute approximate surface area is 133 Å². The Balaban J connectivity index is 0.00000220. The number of halogens is 2. The van der Waals surface area contributed by atoms with Gasteiger partial charge in [-0.2, -0.15) is 0 Å². The van der Waals surface area contributed by atoms with E-state index in [0.29, 0.717) is 11.4 Å². The van der Waals surface area contributed by atoms with Crippen LogP contribution in [0.3, 0.4) is 0 Å². The van der Waals surface area contributed by atoms with Crippen LogP contribution in [0.15, 0.2) is 18.2 Å². The van der Waals surface area contributed by atoms with Crippen molar-refractivity contribution >= 4 is 41.7 Å². The zero-order valence-electron chi connectivity index (χ0n) is 11.7. The lowest BCUT2D eigenvalue weighted by Crippen LogP contribution is -2.37. The van der Waals surface area contributed by atoms with Crippen LogP contribution < -0.4 is 10.6 Å². The van der Waals surface area contributed by atoms with Crippen molar-refractivity contribution in [3.8, 4) is 0 Å². The maximum atomic E-state index is 13.6. The van der Waals surface area contributed by atoms with Crippen molar-refractivity contribution in [1.29, 1.82) is 0 Å². The first-order chi connectivity index (χ1) is 9.49. The minimum absolute atomic E-state index is 0. The third-order valence-corrected chi connectivity index (χ3v) is 3.84. The number of rotatable bonds is 3. The number of carbonyl (C=O) groups is 2. The van der Waals surface area contributed by atoms with E-state index in [0.717, 1.165) is 5.88 Å². The van der Waals surface area contributed by atoms with E-state index in [4.69, 9.17) is 0 Å². The average molecular weight is 334 g/mol. The number of nitrogens with zero attached hydrogens (tertiary/aromatic N) is 1. The Morgan fingerprint density at radius 2 is 2.14 bits per heavy atom. The smallest absolute Gasteiger partial charge is 0.256 e. The van der Waals surface area contributed by atoms with Crippen LogP contribution in [-0.2, 0) is 4.79 Å². The number of hydrogen-bond donors (Lipinski definition) is 2. The van der Waals surface area contributed by atoms with Crippen molar-refractivity contribution in [1.82, 2.24) is 10.2 Å². The molecule has 1 unspecified atom stereocenters. The van der Waals surface area contributed by atoms with E-state index in [2.05, 4.69) is 10.6 Å². The summed E-state index contributed by atoms with van der Waals surface area (Å²) in [6.07, 6.45) is 0. The van der Waals surface area contributed by atoms with E-state index < -0.39 is 11.7 Å². The lowest BCUT2D eigenvalue weighted by Gasteiger charge is -2.14. The van der Waals surface area contributed by atoms with Gasteiger partial charge in [0.05, 0.1) is 11.6 Å². The van der Waals surface area contributed by atoms with Crippen molar-refractivity contribution in [2.75, 3.05) is 31.0 Å². The summed E-state index contributed by atoms with van der Waals surface area (Å²) in [4.78, 5) is 25.0. The number of benzene rings is 1. The van der Waals surface area contributed by atoms with Gasteiger partial charge >= 0.3 is 0 Å². The van der Waals surface area contributed by atoms with E-state index >= 15 is 0 Å². The van der Waals surface area contributed by atoms with Crippen LogP contribution in [0.1, 0.15) is 10.4 Å². The molecule has 8 heteroatoms. The molecule has 1 heterocycles. The molecule has 1 aliphatic rings. The minimum atomic E-state index is -0.601. The lowest BCUT2D eigenvalue weighted by molar-refractivity contribution is -0.117. The van der Waals surface area contributed by atoms with Crippen molar-refractivity contribution in [2.24, 2.45) is 0 Å². The van der Waals surface area contributed by atoms with Gasteiger partial charge < -0.3 is 10.2 Å². The predicted molar refractivity (Wildman–Crippen MR) is 84.5 cm³/mol. The molecule has 1 saturated heterocycles. The second-order valence-electron chi connectivity index (χ2n) is 4.66. The molecule has 0 spiro atoms. The summed E-state index contributed by atoms with van der Waals surface area (Å²) in [6.45, 7) is 0. The van der Waals surface area contributed by atoms with Crippen LogP contribution in [0.25, 0.3) is 0 Å². The molecule has 2 N–H and O–H groups in total. The molecule has 2 amide bonds. The summed E-state index contributed by atoms with van der Waals surface area (Å²) in [6, 6.07) is 3.74. The van der Waals surface area contributed by atoms with Crippen LogP contribution in [-0.4, -0.2) is 48.5 Å². The number of thioether (sulfide) groups is 1. The zero-order chi connectivity index (χ0) is 14.7. The number of carbonyl (C=O) groups excluding carboxylic acids is 2. The maximum Gasteiger partial charge on any atom is 0.256 e. The van der Waals surface area contributed by atoms with Gasteiger partial charge in [-0.1, -0.05) is 0 Å². The summed E-state index contributed by atoms with van der Waals surface area (Å²) < 4.78 is 13.6. The molecular weight excluding hydrogens is 317 g/mol. The highest BCUT2D eigenvalue weighted by Gasteiger charge is 2.23. The van der Waals surface area contributed by atoms with Gasteiger partial charge in [0.25, 0.3) is 5.91 Å². The molecule has 1 fully saturated rings. The normalized spacial score (nSPS) is 17.0. The van der Waals surface area contributed by atoms with Gasteiger partial charge in [0.2, 0.25) is 5.91 Å². The Bertz CT molecular complexity index is 536. The fourth-order valence-electron chi connectivity index (χ4n) is 1.80. The zero-order valence-corrected chi connectivity index (χ0v) is 13.3. The lowest BCUT2D eigenvalue weighted by atomic mass is 10.1. The van der Waals surface area contributed by atoms with E-state index in [1.165, 1.54) is 23.1 Å². The average Bonchev–Trinajstić information content (AvgIpc) is 2.94. The van der Waals surface area contributed by atoms with Crippen molar-refractivity contribution < 1.29 is 14.0 Å².